The molecule has 2 aromatic heterocycles. The second kappa shape index (κ2) is 8.60. The first kappa shape index (κ1) is 20.6. The normalized spacial score (nSPS) is 11.4. The van der Waals surface area contributed by atoms with E-state index < -0.39 is 16.8 Å². The largest absolute Gasteiger partial charge is 0.439 e. The zero-order valence-corrected chi connectivity index (χ0v) is 16.5. The van der Waals surface area contributed by atoms with Gasteiger partial charge in [0.2, 0.25) is 11.8 Å². The summed E-state index contributed by atoms with van der Waals surface area (Å²) in [6.45, 7) is 0.236. The average molecular weight is 447 g/mol. The Hall–Kier alpha value is -3.66. The molecule has 0 fully saturated rings. The number of benzene rings is 2. The van der Waals surface area contributed by atoms with Crippen LogP contribution in [-0.4, -0.2) is 25.2 Å². The van der Waals surface area contributed by atoms with Gasteiger partial charge in [0.25, 0.3) is 0 Å². The topological polar surface area (TPSA) is 77.8 Å². The van der Waals surface area contributed by atoms with Crippen LogP contribution in [0.15, 0.2) is 66.9 Å². The molecule has 0 spiro atoms. The number of nitrogens with zero attached hydrogens (tertiary/aromatic N) is 5. The molecule has 0 saturated carbocycles. The van der Waals surface area contributed by atoms with Gasteiger partial charge in [-0.3, -0.25) is 0 Å². The van der Waals surface area contributed by atoms with Crippen molar-refractivity contribution in [3.8, 4) is 17.3 Å². The third kappa shape index (κ3) is 4.58. The second-order valence-corrected chi connectivity index (χ2v) is 6.66. The van der Waals surface area contributed by atoms with Crippen LogP contribution < -0.4 is 10.1 Å². The van der Waals surface area contributed by atoms with Gasteiger partial charge < -0.3 is 10.1 Å². The van der Waals surface area contributed by atoms with Gasteiger partial charge in [0, 0.05) is 24.4 Å². The van der Waals surface area contributed by atoms with E-state index in [0.29, 0.717) is 11.6 Å². The van der Waals surface area contributed by atoms with Crippen molar-refractivity contribution in [2.75, 3.05) is 5.32 Å². The Labute approximate surface area is 179 Å². The number of hydrogen-bond acceptors (Lipinski definition) is 6. The summed E-state index contributed by atoms with van der Waals surface area (Å²) in [6, 6.07) is 16.1. The number of ether oxygens (including phenoxy) is 1. The maximum atomic E-state index is 13.2. The number of aromatic nitrogens is 5. The van der Waals surface area contributed by atoms with E-state index in [2.05, 4.69) is 25.8 Å². The number of anilines is 1. The molecule has 2 aromatic carbocycles. The number of para-hydroxylation sites is 1. The molecule has 4 rings (SSSR count). The van der Waals surface area contributed by atoms with Gasteiger partial charge >= 0.3 is 6.18 Å². The lowest BCUT2D eigenvalue weighted by molar-refractivity contribution is -0.137. The number of hydrogen-bond donors (Lipinski definition) is 1. The Morgan fingerprint density at radius 2 is 1.81 bits per heavy atom. The fourth-order valence-electron chi connectivity index (χ4n) is 2.81. The van der Waals surface area contributed by atoms with E-state index in [9.17, 15) is 13.2 Å². The first-order valence-corrected chi connectivity index (χ1v) is 9.36. The molecule has 158 valence electrons. The lowest BCUT2D eigenvalue weighted by Crippen LogP contribution is -2.11. The van der Waals surface area contributed by atoms with Crippen LogP contribution in [0.5, 0.6) is 11.6 Å². The lowest BCUT2D eigenvalue weighted by atomic mass is 10.2. The van der Waals surface area contributed by atoms with Crippen LogP contribution in [-0.2, 0) is 12.7 Å². The zero-order chi connectivity index (χ0) is 21.8. The van der Waals surface area contributed by atoms with Crippen molar-refractivity contribution in [1.29, 1.82) is 0 Å². The minimum atomic E-state index is -4.60. The Balaban J connectivity index is 1.58. The minimum absolute atomic E-state index is 0.00186. The number of pyridine rings is 1. The Morgan fingerprint density at radius 1 is 1.00 bits per heavy atom. The molecule has 2 heterocycles. The standard InChI is InChI=1S/C20H14ClF3N6O/c21-18-14(20(22,23)24)7-5-8-15(18)30-19(27-28-29-30)26-12-13-6-1-2-9-16(13)31-17-10-3-4-11-25-17/h1-11H,12H2,(H,26,27,29). The summed E-state index contributed by atoms with van der Waals surface area (Å²) in [6.07, 6.45) is -2.99. The van der Waals surface area contributed by atoms with Crippen molar-refractivity contribution in [3.63, 3.8) is 0 Å². The highest BCUT2D eigenvalue weighted by Gasteiger charge is 2.34. The van der Waals surface area contributed by atoms with Gasteiger partial charge in [-0.15, -0.1) is 0 Å². The highest BCUT2D eigenvalue weighted by molar-refractivity contribution is 6.33. The highest BCUT2D eigenvalue weighted by Crippen LogP contribution is 2.37. The van der Waals surface area contributed by atoms with E-state index >= 15 is 0 Å². The lowest BCUT2D eigenvalue weighted by Gasteiger charge is -2.14. The smallest absolute Gasteiger partial charge is 0.417 e. The molecule has 0 aliphatic heterocycles. The summed E-state index contributed by atoms with van der Waals surface area (Å²) in [7, 11) is 0. The van der Waals surface area contributed by atoms with E-state index in [-0.39, 0.29) is 18.2 Å². The van der Waals surface area contributed by atoms with Crippen LogP contribution in [0.4, 0.5) is 19.1 Å². The first-order chi connectivity index (χ1) is 14.9. The van der Waals surface area contributed by atoms with Gasteiger partial charge in [0.1, 0.15) is 5.75 Å². The molecule has 0 saturated heterocycles. The molecule has 0 unspecified atom stereocenters. The monoisotopic (exact) mass is 446 g/mol. The van der Waals surface area contributed by atoms with E-state index in [1.165, 1.54) is 12.1 Å². The molecule has 0 bridgehead atoms. The van der Waals surface area contributed by atoms with Crippen LogP contribution in [0.3, 0.4) is 0 Å². The summed E-state index contributed by atoms with van der Waals surface area (Å²) in [5, 5.41) is 13.7. The summed E-state index contributed by atoms with van der Waals surface area (Å²) in [5.41, 5.74) is -0.206. The van der Waals surface area contributed by atoms with Crippen molar-refractivity contribution in [1.82, 2.24) is 25.2 Å². The van der Waals surface area contributed by atoms with E-state index in [1.807, 2.05) is 18.2 Å². The van der Waals surface area contributed by atoms with Crippen molar-refractivity contribution in [2.24, 2.45) is 0 Å². The number of alkyl halides is 3. The molecule has 11 heteroatoms. The third-order valence-corrected chi connectivity index (χ3v) is 4.64. The number of halogens is 4. The average Bonchev–Trinajstić information content (AvgIpc) is 3.21. The van der Waals surface area contributed by atoms with Crippen LogP contribution in [0.25, 0.3) is 5.69 Å². The Bertz CT molecular complexity index is 1180. The fourth-order valence-corrected chi connectivity index (χ4v) is 3.12. The molecule has 7 nitrogen and oxygen atoms in total. The third-order valence-electron chi connectivity index (χ3n) is 4.24. The van der Waals surface area contributed by atoms with Crippen molar-refractivity contribution < 1.29 is 17.9 Å². The summed E-state index contributed by atoms with van der Waals surface area (Å²) < 4.78 is 46.5. The van der Waals surface area contributed by atoms with E-state index in [4.69, 9.17) is 16.3 Å². The minimum Gasteiger partial charge on any atom is -0.439 e. The summed E-state index contributed by atoms with van der Waals surface area (Å²) in [4.78, 5) is 4.13. The van der Waals surface area contributed by atoms with Gasteiger partial charge in [-0.25, -0.2) is 4.98 Å². The van der Waals surface area contributed by atoms with Gasteiger partial charge in [0.05, 0.1) is 16.3 Å². The molecule has 1 N–H and O–H groups in total. The van der Waals surface area contributed by atoms with Crippen molar-refractivity contribution in [3.05, 3.63) is 83.0 Å². The van der Waals surface area contributed by atoms with Crippen molar-refractivity contribution in [2.45, 2.75) is 12.7 Å². The molecular formula is C20H14ClF3N6O. The maximum absolute atomic E-state index is 13.2. The summed E-state index contributed by atoms with van der Waals surface area (Å²) >= 11 is 6.00. The Morgan fingerprint density at radius 3 is 2.58 bits per heavy atom. The van der Waals surface area contributed by atoms with Crippen LogP contribution in [0.2, 0.25) is 5.02 Å². The fraction of sp³-hybridized carbons (Fsp3) is 0.100. The predicted octanol–water partition coefficient (Wildman–Crippen LogP) is 5.13. The second-order valence-electron chi connectivity index (χ2n) is 6.28. The van der Waals surface area contributed by atoms with Crippen molar-refractivity contribution >= 4 is 17.5 Å². The SMILES string of the molecule is FC(F)(F)c1cccc(-n2nnnc2NCc2ccccc2Oc2ccccn2)c1Cl. The van der Waals surface area contributed by atoms with Gasteiger partial charge in [-0.1, -0.05) is 47.0 Å². The molecule has 4 aromatic rings. The highest BCUT2D eigenvalue weighted by atomic mass is 35.5. The molecule has 0 atom stereocenters. The van der Waals surface area contributed by atoms with Gasteiger partial charge in [-0.2, -0.15) is 17.9 Å². The van der Waals surface area contributed by atoms with Gasteiger partial charge in [0.15, 0.2) is 0 Å². The number of nitrogens with one attached hydrogen (secondary N) is 1. The molecule has 0 amide bonds. The van der Waals surface area contributed by atoms with E-state index in [0.717, 1.165) is 16.3 Å². The maximum Gasteiger partial charge on any atom is 0.417 e. The van der Waals surface area contributed by atoms with E-state index in [1.54, 1.807) is 30.5 Å². The van der Waals surface area contributed by atoms with Crippen LogP contribution in [0.1, 0.15) is 11.1 Å². The molecular weight excluding hydrogens is 433 g/mol. The van der Waals surface area contributed by atoms with Crippen LogP contribution in [0, 0.1) is 0 Å². The number of tetrazole rings is 1. The zero-order valence-electron chi connectivity index (χ0n) is 15.7. The predicted molar refractivity (Wildman–Crippen MR) is 107 cm³/mol. The first-order valence-electron chi connectivity index (χ1n) is 8.98. The molecule has 0 aliphatic rings. The summed E-state index contributed by atoms with van der Waals surface area (Å²) in [5.74, 6) is 1.11. The van der Waals surface area contributed by atoms with Gasteiger partial charge in [-0.05, 0) is 34.7 Å². The molecule has 31 heavy (non-hydrogen) atoms. The van der Waals surface area contributed by atoms with Crippen LogP contribution >= 0.6 is 11.6 Å². The molecule has 0 radical (unpaired) electrons. The quantitative estimate of drug-likeness (QED) is 0.442. The number of rotatable bonds is 6. The Kier molecular flexibility index (Phi) is 5.72. The molecule has 0 aliphatic carbocycles.